The van der Waals surface area contributed by atoms with Crippen molar-refractivity contribution < 1.29 is 13.5 Å². The van der Waals surface area contributed by atoms with Crippen LogP contribution in [-0.4, -0.2) is 57.7 Å². The molecule has 0 atom stereocenters. The van der Waals surface area contributed by atoms with Crippen molar-refractivity contribution in [2.45, 2.75) is 12.8 Å². The molecule has 0 saturated heterocycles. The van der Waals surface area contributed by atoms with Gasteiger partial charge in [-0.1, -0.05) is 30.3 Å². The molecule has 0 amide bonds. The van der Waals surface area contributed by atoms with Gasteiger partial charge in [0.15, 0.2) is 0 Å². The average molecular weight is 315 g/mol. The van der Waals surface area contributed by atoms with Crippen molar-refractivity contribution in [3.63, 3.8) is 0 Å². The normalized spacial score (nSPS) is 12.0. The molecule has 0 radical (unpaired) electrons. The van der Waals surface area contributed by atoms with E-state index >= 15 is 0 Å². The zero-order valence-electron chi connectivity index (χ0n) is 12.5. The van der Waals surface area contributed by atoms with Gasteiger partial charge in [0.05, 0.1) is 6.61 Å². The molecular formula is C14H25N3O3S. The van der Waals surface area contributed by atoms with Gasteiger partial charge in [-0.05, 0) is 24.9 Å². The van der Waals surface area contributed by atoms with Crippen LogP contribution in [0.25, 0.3) is 0 Å². The van der Waals surface area contributed by atoms with E-state index in [1.54, 1.807) is 7.05 Å². The zero-order valence-corrected chi connectivity index (χ0v) is 13.3. The molecule has 1 aromatic rings. The lowest BCUT2D eigenvalue weighted by Gasteiger charge is -2.17. The molecule has 1 aromatic carbocycles. The molecule has 0 aromatic heterocycles. The quantitative estimate of drug-likeness (QED) is 0.501. The van der Waals surface area contributed by atoms with Gasteiger partial charge in [0.2, 0.25) is 0 Å². The highest BCUT2D eigenvalue weighted by atomic mass is 32.2. The maximum atomic E-state index is 12.0. The molecule has 0 unspecified atom stereocenters. The minimum Gasteiger partial charge on any atom is -0.395 e. The van der Waals surface area contributed by atoms with Gasteiger partial charge >= 0.3 is 0 Å². The second-order valence-electron chi connectivity index (χ2n) is 4.78. The smallest absolute Gasteiger partial charge is 0.279 e. The molecule has 0 heterocycles. The fraction of sp³-hybridized carbons (Fsp3) is 0.571. The van der Waals surface area contributed by atoms with Gasteiger partial charge in [0, 0.05) is 26.7 Å². The van der Waals surface area contributed by atoms with Crippen molar-refractivity contribution in [2.75, 3.05) is 39.8 Å². The molecule has 0 saturated carbocycles. The Morgan fingerprint density at radius 1 is 1.14 bits per heavy atom. The Kier molecular flexibility index (Phi) is 8.48. The number of nitrogens with one attached hydrogen (secondary N) is 2. The van der Waals surface area contributed by atoms with E-state index in [-0.39, 0.29) is 6.61 Å². The van der Waals surface area contributed by atoms with E-state index in [0.29, 0.717) is 39.0 Å². The van der Waals surface area contributed by atoms with Crippen molar-refractivity contribution in [3.8, 4) is 0 Å². The first-order chi connectivity index (χ1) is 10.1. The van der Waals surface area contributed by atoms with E-state index in [9.17, 15) is 8.42 Å². The van der Waals surface area contributed by atoms with Gasteiger partial charge in [-0.15, -0.1) is 0 Å². The molecule has 0 aliphatic rings. The third-order valence-corrected chi connectivity index (χ3v) is 4.64. The number of aliphatic hydroxyl groups is 1. The maximum Gasteiger partial charge on any atom is 0.279 e. The Labute approximate surface area is 127 Å². The topological polar surface area (TPSA) is 81.7 Å². The second kappa shape index (κ2) is 9.86. The monoisotopic (exact) mass is 315 g/mol. The van der Waals surface area contributed by atoms with Crippen molar-refractivity contribution in [3.05, 3.63) is 35.9 Å². The Morgan fingerprint density at radius 2 is 1.86 bits per heavy atom. The average Bonchev–Trinajstić information content (AvgIpc) is 2.49. The summed E-state index contributed by atoms with van der Waals surface area (Å²) in [5.41, 5.74) is 1.12. The molecule has 0 fully saturated rings. The molecular weight excluding hydrogens is 290 g/mol. The lowest BCUT2D eigenvalue weighted by molar-refractivity contribution is 0.292. The second-order valence-corrected chi connectivity index (χ2v) is 6.65. The Hall–Kier alpha value is -0.990. The van der Waals surface area contributed by atoms with Gasteiger partial charge in [0.1, 0.15) is 0 Å². The summed E-state index contributed by atoms with van der Waals surface area (Å²) >= 11 is 0. The van der Waals surface area contributed by atoms with Crippen LogP contribution in [0.15, 0.2) is 30.3 Å². The first kappa shape index (κ1) is 18.1. The Morgan fingerprint density at radius 3 is 2.52 bits per heavy atom. The van der Waals surface area contributed by atoms with E-state index in [4.69, 9.17) is 5.11 Å². The Bertz CT molecular complexity index is 479. The van der Waals surface area contributed by atoms with Crippen LogP contribution in [0.3, 0.4) is 0 Å². The molecule has 0 aliphatic heterocycles. The minimum atomic E-state index is -3.42. The summed E-state index contributed by atoms with van der Waals surface area (Å²) < 4.78 is 27.9. The first-order valence-corrected chi connectivity index (χ1v) is 8.56. The third kappa shape index (κ3) is 7.54. The standard InChI is InChI=1S/C14H25N3O3S/c1-17(12-8-14-6-3-2-4-7-14)21(19,20)16-10-5-9-15-11-13-18/h2-4,6-7,15-16,18H,5,8-13H2,1H3. The lowest BCUT2D eigenvalue weighted by Crippen LogP contribution is -2.40. The summed E-state index contributed by atoms with van der Waals surface area (Å²) in [4.78, 5) is 0. The summed E-state index contributed by atoms with van der Waals surface area (Å²) in [6.45, 7) is 2.13. The van der Waals surface area contributed by atoms with E-state index in [0.717, 1.165) is 5.56 Å². The van der Waals surface area contributed by atoms with Crippen LogP contribution in [0, 0.1) is 0 Å². The van der Waals surface area contributed by atoms with E-state index in [2.05, 4.69) is 10.0 Å². The molecule has 7 heteroatoms. The number of benzene rings is 1. The summed E-state index contributed by atoms with van der Waals surface area (Å²) in [5, 5.41) is 11.6. The number of aliphatic hydroxyl groups excluding tert-OH is 1. The van der Waals surface area contributed by atoms with Crippen molar-refractivity contribution in [1.82, 2.24) is 14.3 Å². The fourth-order valence-corrected chi connectivity index (χ4v) is 2.73. The molecule has 0 spiro atoms. The van der Waals surface area contributed by atoms with Crippen LogP contribution >= 0.6 is 0 Å². The largest absolute Gasteiger partial charge is 0.395 e. The van der Waals surface area contributed by atoms with Crippen molar-refractivity contribution >= 4 is 10.2 Å². The SMILES string of the molecule is CN(CCc1ccccc1)S(=O)(=O)NCCCNCCO. The molecule has 0 bridgehead atoms. The number of hydrogen-bond donors (Lipinski definition) is 3. The Balaban J connectivity index is 2.26. The minimum absolute atomic E-state index is 0.0912. The summed E-state index contributed by atoms with van der Waals surface area (Å²) in [6, 6.07) is 9.81. The van der Waals surface area contributed by atoms with Crippen LogP contribution in [0.2, 0.25) is 0 Å². The zero-order chi connectivity index (χ0) is 15.6. The predicted octanol–water partition coefficient (Wildman–Crippen LogP) is -0.0327. The highest BCUT2D eigenvalue weighted by molar-refractivity contribution is 7.87. The van der Waals surface area contributed by atoms with Gasteiger partial charge < -0.3 is 10.4 Å². The number of rotatable bonds is 11. The molecule has 120 valence electrons. The van der Waals surface area contributed by atoms with Crippen molar-refractivity contribution in [1.29, 1.82) is 0 Å². The summed E-state index contributed by atoms with van der Waals surface area (Å²) in [7, 11) is -1.84. The molecule has 0 aliphatic carbocycles. The predicted molar refractivity (Wildman–Crippen MR) is 84.3 cm³/mol. The van der Waals surface area contributed by atoms with Gasteiger partial charge in [-0.3, -0.25) is 0 Å². The van der Waals surface area contributed by atoms with Crippen LogP contribution in [0.4, 0.5) is 0 Å². The summed E-state index contributed by atoms with van der Waals surface area (Å²) in [5.74, 6) is 0. The van der Waals surface area contributed by atoms with E-state index in [1.165, 1.54) is 4.31 Å². The van der Waals surface area contributed by atoms with Gasteiger partial charge in [-0.2, -0.15) is 12.7 Å². The van der Waals surface area contributed by atoms with Gasteiger partial charge in [0.25, 0.3) is 10.2 Å². The van der Waals surface area contributed by atoms with Crippen LogP contribution in [-0.2, 0) is 16.6 Å². The third-order valence-electron chi connectivity index (χ3n) is 3.07. The highest BCUT2D eigenvalue weighted by Crippen LogP contribution is 2.02. The van der Waals surface area contributed by atoms with Crippen LogP contribution in [0.5, 0.6) is 0 Å². The van der Waals surface area contributed by atoms with E-state index < -0.39 is 10.2 Å². The van der Waals surface area contributed by atoms with Crippen molar-refractivity contribution in [2.24, 2.45) is 0 Å². The fourth-order valence-electron chi connectivity index (χ4n) is 1.78. The molecule has 6 nitrogen and oxygen atoms in total. The first-order valence-electron chi connectivity index (χ1n) is 7.12. The number of hydrogen-bond acceptors (Lipinski definition) is 4. The van der Waals surface area contributed by atoms with Gasteiger partial charge in [-0.25, -0.2) is 4.72 Å². The van der Waals surface area contributed by atoms with E-state index in [1.807, 2.05) is 30.3 Å². The maximum absolute atomic E-state index is 12.0. The lowest BCUT2D eigenvalue weighted by atomic mass is 10.2. The number of likely N-dealkylation sites (N-methyl/N-ethyl adjacent to an activating group) is 1. The number of nitrogens with zero attached hydrogens (tertiary/aromatic N) is 1. The highest BCUT2D eigenvalue weighted by Gasteiger charge is 2.16. The molecule has 3 N–H and O–H groups in total. The molecule has 1 rings (SSSR count). The van der Waals surface area contributed by atoms with Crippen LogP contribution < -0.4 is 10.0 Å². The molecule has 21 heavy (non-hydrogen) atoms. The van der Waals surface area contributed by atoms with Crippen LogP contribution in [0.1, 0.15) is 12.0 Å². The summed E-state index contributed by atoms with van der Waals surface area (Å²) in [6.07, 6.45) is 1.38.